The first-order chi connectivity index (χ1) is 14.7. The number of hydrogen-bond donors (Lipinski definition) is 1. The van der Waals surface area contributed by atoms with E-state index in [-0.39, 0.29) is 0 Å². The Hall–Kier alpha value is -3.12. The van der Waals surface area contributed by atoms with E-state index < -0.39 is 0 Å². The van der Waals surface area contributed by atoms with Crippen molar-refractivity contribution >= 4 is 23.2 Å². The molecule has 1 aliphatic carbocycles. The van der Waals surface area contributed by atoms with Gasteiger partial charge in [-0.3, -0.25) is 0 Å². The average Bonchev–Trinajstić information content (AvgIpc) is 3.39. The molecule has 0 spiro atoms. The van der Waals surface area contributed by atoms with Crippen LogP contribution < -0.4 is 10.1 Å². The molecule has 2 aromatic carbocycles. The van der Waals surface area contributed by atoms with Crippen LogP contribution in [0.2, 0.25) is 5.02 Å². The van der Waals surface area contributed by atoms with Gasteiger partial charge < -0.3 is 10.1 Å². The van der Waals surface area contributed by atoms with E-state index in [9.17, 15) is 0 Å². The number of methoxy groups -OCH3 is 1. The molecule has 0 bridgehead atoms. The van der Waals surface area contributed by atoms with E-state index in [4.69, 9.17) is 31.4 Å². The van der Waals surface area contributed by atoms with Crippen molar-refractivity contribution in [2.45, 2.75) is 32.2 Å². The number of halogens is 1. The van der Waals surface area contributed by atoms with Crippen molar-refractivity contribution in [2.24, 2.45) is 0 Å². The Morgan fingerprint density at radius 1 is 1.07 bits per heavy atom. The van der Waals surface area contributed by atoms with Gasteiger partial charge in [0, 0.05) is 29.1 Å². The Labute approximate surface area is 179 Å². The molecule has 0 saturated heterocycles. The highest BCUT2D eigenvalue weighted by Gasteiger charge is 2.22. The maximum Gasteiger partial charge on any atom is 0.254 e. The number of rotatable bonds is 6. The Morgan fingerprint density at radius 3 is 2.73 bits per heavy atom. The highest BCUT2D eigenvalue weighted by molar-refractivity contribution is 6.30. The second-order valence-corrected chi connectivity index (χ2v) is 7.88. The number of aryl methyl sites for hydroxylation is 1. The van der Waals surface area contributed by atoms with Crippen LogP contribution in [0.5, 0.6) is 5.75 Å². The molecule has 1 N–H and O–H groups in total. The van der Waals surface area contributed by atoms with E-state index in [0.29, 0.717) is 18.7 Å². The fraction of sp³-hybridized carbons (Fsp3) is 0.261. The Balaban J connectivity index is 1.49. The van der Waals surface area contributed by atoms with E-state index in [1.54, 1.807) is 7.11 Å². The molecule has 6 nitrogen and oxygen atoms in total. The summed E-state index contributed by atoms with van der Waals surface area (Å²) in [4.78, 5) is 9.49. The topological polar surface area (TPSA) is 64.3 Å². The van der Waals surface area contributed by atoms with Gasteiger partial charge in [-0.1, -0.05) is 41.9 Å². The summed E-state index contributed by atoms with van der Waals surface area (Å²) in [5.74, 6) is 3.23. The highest BCUT2D eigenvalue weighted by atomic mass is 35.5. The monoisotopic (exact) mass is 419 g/mol. The minimum Gasteiger partial charge on any atom is -0.496 e. The van der Waals surface area contributed by atoms with Crippen molar-refractivity contribution in [3.05, 3.63) is 81.8 Å². The van der Waals surface area contributed by atoms with Crippen LogP contribution in [0.1, 0.15) is 34.6 Å². The van der Waals surface area contributed by atoms with Crippen LogP contribution in [0.4, 0.5) is 5.82 Å². The third kappa shape index (κ3) is 3.59. The Kier molecular flexibility index (Phi) is 5.01. The molecule has 1 aliphatic rings. The lowest BCUT2D eigenvalue weighted by atomic mass is 10.1. The van der Waals surface area contributed by atoms with Crippen LogP contribution in [0.15, 0.2) is 48.5 Å². The van der Waals surface area contributed by atoms with Crippen molar-refractivity contribution < 1.29 is 4.74 Å². The lowest BCUT2D eigenvalue weighted by molar-refractivity contribution is 0.410. The van der Waals surface area contributed by atoms with Crippen molar-refractivity contribution in [2.75, 3.05) is 12.4 Å². The Bertz CT molecular complexity index is 1200. The fourth-order valence-corrected chi connectivity index (χ4v) is 4.12. The molecular formula is C23H22ClN5O. The van der Waals surface area contributed by atoms with Gasteiger partial charge in [-0.25, -0.2) is 4.98 Å². The van der Waals surface area contributed by atoms with Gasteiger partial charge in [0.25, 0.3) is 5.78 Å². The molecule has 30 heavy (non-hydrogen) atoms. The summed E-state index contributed by atoms with van der Waals surface area (Å²) in [6, 6.07) is 15.8. The molecular weight excluding hydrogens is 398 g/mol. The summed E-state index contributed by atoms with van der Waals surface area (Å²) < 4.78 is 7.35. The molecule has 0 aliphatic heterocycles. The molecule has 2 heterocycles. The normalized spacial score (nSPS) is 12.9. The van der Waals surface area contributed by atoms with Crippen LogP contribution in [0.25, 0.3) is 5.78 Å². The van der Waals surface area contributed by atoms with E-state index in [1.807, 2.05) is 47.0 Å². The first-order valence-corrected chi connectivity index (χ1v) is 10.5. The largest absolute Gasteiger partial charge is 0.496 e. The highest BCUT2D eigenvalue weighted by Crippen LogP contribution is 2.29. The van der Waals surface area contributed by atoms with E-state index in [2.05, 4.69) is 11.4 Å². The minimum atomic E-state index is 0.636. The standard InChI is InChI=1S/C23H22ClN5O/c1-30-20-8-3-2-5-16(20)14-25-22-18-6-4-7-19(18)26-23-27-21(28-29(22)23)13-15-9-11-17(24)12-10-15/h2-3,5,8-12,25H,4,6-7,13-14H2,1H3. The third-order valence-corrected chi connectivity index (χ3v) is 5.72. The number of ether oxygens (including phenoxy) is 1. The Morgan fingerprint density at radius 2 is 1.90 bits per heavy atom. The first kappa shape index (κ1) is 18.9. The second-order valence-electron chi connectivity index (χ2n) is 7.45. The molecule has 0 saturated carbocycles. The molecule has 0 unspecified atom stereocenters. The van der Waals surface area contributed by atoms with E-state index >= 15 is 0 Å². The summed E-state index contributed by atoms with van der Waals surface area (Å²) in [5.41, 5.74) is 4.57. The van der Waals surface area contributed by atoms with Gasteiger partial charge in [-0.15, -0.1) is 5.10 Å². The van der Waals surface area contributed by atoms with Gasteiger partial charge in [0.1, 0.15) is 11.6 Å². The first-order valence-electron chi connectivity index (χ1n) is 10.1. The number of para-hydroxylation sites is 1. The second kappa shape index (κ2) is 7.95. The van der Waals surface area contributed by atoms with Crippen LogP contribution in [-0.4, -0.2) is 26.7 Å². The van der Waals surface area contributed by atoms with E-state index in [1.165, 1.54) is 5.56 Å². The molecule has 4 aromatic rings. The minimum absolute atomic E-state index is 0.636. The zero-order valence-electron chi connectivity index (χ0n) is 16.7. The summed E-state index contributed by atoms with van der Waals surface area (Å²) in [6.07, 6.45) is 3.72. The van der Waals surface area contributed by atoms with Gasteiger partial charge in [-0.2, -0.15) is 9.50 Å². The van der Waals surface area contributed by atoms with Crippen molar-refractivity contribution in [1.29, 1.82) is 0 Å². The van der Waals surface area contributed by atoms with Gasteiger partial charge in [0.05, 0.1) is 12.8 Å². The number of hydrogen-bond acceptors (Lipinski definition) is 5. The molecule has 5 rings (SSSR count). The number of nitrogens with one attached hydrogen (secondary N) is 1. The van der Waals surface area contributed by atoms with Crippen LogP contribution >= 0.6 is 11.6 Å². The number of benzene rings is 2. The lowest BCUT2D eigenvalue weighted by Gasteiger charge is -2.14. The molecule has 152 valence electrons. The van der Waals surface area contributed by atoms with Gasteiger partial charge >= 0.3 is 0 Å². The zero-order chi connectivity index (χ0) is 20.5. The van der Waals surface area contributed by atoms with Crippen molar-refractivity contribution in [3.63, 3.8) is 0 Å². The predicted octanol–water partition coefficient (Wildman–Crippen LogP) is 4.48. The lowest BCUT2D eigenvalue weighted by Crippen LogP contribution is -2.11. The van der Waals surface area contributed by atoms with Crippen molar-refractivity contribution in [3.8, 4) is 5.75 Å². The third-order valence-electron chi connectivity index (χ3n) is 5.47. The molecule has 0 atom stereocenters. The number of fused-ring (bicyclic) bond motifs is 2. The summed E-state index contributed by atoms with van der Waals surface area (Å²) in [5, 5.41) is 9.09. The van der Waals surface area contributed by atoms with Crippen LogP contribution in [0, 0.1) is 0 Å². The number of nitrogens with zero attached hydrogens (tertiary/aromatic N) is 4. The smallest absolute Gasteiger partial charge is 0.254 e. The van der Waals surface area contributed by atoms with Crippen LogP contribution in [0.3, 0.4) is 0 Å². The molecule has 0 fully saturated rings. The molecule has 2 aromatic heterocycles. The zero-order valence-corrected chi connectivity index (χ0v) is 17.5. The average molecular weight is 420 g/mol. The summed E-state index contributed by atoms with van der Waals surface area (Å²) >= 11 is 6.00. The molecule has 0 radical (unpaired) electrons. The summed E-state index contributed by atoms with van der Waals surface area (Å²) in [6.45, 7) is 0.641. The van der Waals surface area contributed by atoms with E-state index in [0.717, 1.165) is 58.5 Å². The van der Waals surface area contributed by atoms with Gasteiger partial charge in [-0.05, 0) is 43.0 Å². The maximum absolute atomic E-state index is 6.00. The summed E-state index contributed by atoms with van der Waals surface area (Å²) in [7, 11) is 1.70. The number of aromatic nitrogens is 4. The number of anilines is 1. The maximum atomic E-state index is 6.00. The molecule has 7 heteroatoms. The SMILES string of the molecule is COc1ccccc1CNc1c2c(nc3nc(Cc4ccc(Cl)cc4)nn13)CCC2. The quantitative estimate of drug-likeness (QED) is 0.499. The van der Waals surface area contributed by atoms with Gasteiger partial charge in [0.15, 0.2) is 5.82 Å². The van der Waals surface area contributed by atoms with Crippen molar-refractivity contribution in [1.82, 2.24) is 19.6 Å². The molecule has 0 amide bonds. The van der Waals surface area contributed by atoms with Crippen LogP contribution in [-0.2, 0) is 25.8 Å². The predicted molar refractivity (Wildman–Crippen MR) is 117 cm³/mol. The van der Waals surface area contributed by atoms with Gasteiger partial charge in [0.2, 0.25) is 0 Å². The fourth-order valence-electron chi connectivity index (χ4n) is 3.99.